The lowest BCUT2D eigenvalue weighted by atomic mass is 10.2. The first-order chi connectivity index (χ1) is 13.1. The summed E-state index contributed by atoms with van der Waals surface area (Å²) in [4.78, 5) is 20.3. The van der Waals surface area contributed by atoms with Gasteiger partial charge in [-0.3, -0.25) is 4.79 Å². The highest BCUT2D eigenvalue weighted by Gasteiger charge is 2.20. The van der Waals surface area contributed by atoms with Crippen LogP contribution in [0.25, 0.3) is 10.6 Å². The Kier molecular flexibility index (Phi) is 5.45. The monoisotopic (exact) mass is 419 g/mol. The van der Waals surface area contributed by atoms with Gasteiger partial charge in [-0.1, -0.05) is 11.6 Å². The number of anilines is 2. The van der Waals surface area contributed by atoms with E-state index in [9.17, 15) is 4.79 Å². The summed E-state index contributed by atoms with van der Waals surface area (Å²) in [5, 5.41) is 8.52. The van der Waals surface area contributed by atoms with Crippen LogP contribution in [0, 0.1) is 6.92 Å². The molecule has 3 heterocycles. The Morgan fingerprint density at radius 3 is 2.85 bits per heavy atom. The molecule has 8 heteroatoms. The number of hydrogen-bond acceptors (Lipinski definition) is 6. The van der Waals surface area contributed by atoms with Crippen LogP contribution in [-0.2, 0) is 4.74 Å². The maximum absolute atomic E-state index is 12.9. The van der Waals surface area contributed by atoms with Crippen molar-refractivity contribution < 1.29 is 9.53 Å². The molecule has 1 aliphatic heterocycles. The standard InChI is InChI=1S/C19H18ClN3O2S2/c1-12-17(27-19(21-12)13-4-9-26-11-13)18(24)22-15-10-14(20)2-3-16(15)23-5-7-25-8-6-23/h2-4,9-11H,5-8H2,1H3,(H,22,24). The molecule has 3 aromatic rings. The zero-order valence-corrected chi connectivity index (χ0v) is 17.1. The fraction of sp³-hybridized carbons (Fsp3) is 0.263. The minimum absolute atomic E-state index is 0.164. The SMILES string of the molecule is Cc1nc(-c2ccsc2)sc1C(=O)Nc1cc(Cl)ccc1N1CCOCC1. The molecular weight excluding hydrogens is 402 g/mol. The lowest BCUT2D eigenvalue weighted by Crippen LogP contribution is -2.36. The van der Waals surface area contributed by atoms with Crippen LogP contribution in [0.2, 0.25) is 5.02 Å². The summed E-state index contributed by atoms with van der Waals surface area (Å²) in [6, 6.07) is 7.59. The minimum Gasteiger partial charge on any atom is -0.378 e. The average molecular weight is 420 g/mol. The molecule has 1 N–H and O–H groups in total. The van der Waals surface area contributed by atoms with Crippen molar-refractivity contribution >= 4 is 51.6 Å². The Morgan fingerprint density at radius 2 is 2.11 bits per heavy atom. The third kappa shape index (κ3) is 4.01. The number of thiazole rings is 1. The number of aryl methyl sites for hydroxylation is 1. The number of carbonyl (C=O) groups is 1. The Hall–Kier alpha value is -1.93. The zero-order valence-electron chi connectivity index (χ0n) is 14.7. The number of morpholine rings is 1. The highest BCUT2D eigenvalue weighted by Crippen LogP contribution is 2.33. The molecule has 1 amide bonds. The molecule has 1 saturated heterocycles. The number of rotatable bonds is 4. The first kappa shape index (κ1) is 18.4. The van der Waals surface area contributed by atoms with Crippen LogP contribution in [0.1, 0.15) is 15.4 Å². The summed E-state index contributed by atoms with van der Waals surface area (Å²) in [7, 11) is 0. The van der Waals surface area contributed by atoms with Crippen molar-refractivity contribution in [1.29, 1.82) is 0 Å². The van der Waals surface area contributed by atoms with E-state index in [1.807, 2.05) is 35.9 Å². The average Bonchev–Trinajstić information content (AvgIpc) is 3.32. The van der Waals surface area contributed by atoms with Gasteiger partial charge in [0.2, 0.25) is 0 Å². The lowest BCUT2D eigenvalue weighted by molar-refractivity contribution is 0.103. The van der Waals surface area contributed by atoms with E-state index in [2.05, 4.69) is 15.2 Å². The minimum atomic E-state index is -0.164. The first-order valence-electron chi connectivity index (χ1n) is 8.55. The number of amides is 1. The van der Waals surface area contributed by atoms with Gasteiger partial charge in [0, 0.05) is 29.1 Å². The van der Waals surface area contributed by atoms with Crippen molar-refractivity contribution in [3.05, 3.63) is 50.6 Å². The van der Waals surface area contributed by atoms with Crippen LogP contribution in [0.3, 0.4) is 0 Å². The largest absolute Gasteiger partial charge is 0.378 e. The number of hydrogen-bond donors (Lipinski definition) is 1. The van der Waals surface area contributed by atoms with Gasteiger partial charge >= 0.3 is 0 Å². The van der Waals surface area contributed by atoms with Crippen LogP contribution in [-0.4, -0.2) is 37.2 Å². The Labute approximate surface area is 170 Å². The zero-order chi connectivity index (χ0) is 18.8. The quantitative estimate of drug-likeness (QED) is 0.651. The summed E-state index contributed by atoms with van der Waals surface area (Å²) in [5.41, 5.74) is 3.44. The Morgan fingerprint density at radius 1 is 1.30 bits per heavy atom. The predicted molar refractivity (Wildman–Crippen MR) is 113 cm³/mol. The van der Waals surface area contributed by atoms with Gasteiger partial charge in [0.05, 0.1) is 30.3 Å². The van der Waals surface area contributed by atoms with Gasteiger partial charge in [-0.2, -0.15) is 11.3 Å². The van der Waals surface area contributed by atoms with Crippen LogP contribution in [0.5, 0.6) is 0 Å². The number of ether oxygens (including phenoxy) is 1. The van der Waals surface area contributed by atoms with E-state index in [0.717, 1.165) is 35.0 Å². The molecule has 0 atom stereocenters. The van der Waals surface area contributed by atoms with Crippen molar-refractivity contribution in [2.45, 2.75) is 6.92 Å². The second kappa shape index (κ2) is 7.98. The number of carbonyl (C=O) groups excluding carboxylic acids is 1. The van der Waals surface area contributed by atoms with Gasteiger partial charge in [0.1, 0.15) is 9.88 Å². The highest BCUT2D eigenvalue weighted by molar-refractivity contribution is 7.17. The van der Waals surface area contributed by atoms with Gasteiger partial charge in [-0.05, 0) is 36.6 Å². The predicted octanol–water partition coefficient (Wildman–Crippen LogP) is 4.92. The molecule has 27 heavy (non-hydrogen) atoms. The van der Waals surface area contributed by atoms with E-state index in [0.29, 0.717) is 28.8 Å². The van der Waals surface area contributed by atoms with Crippen LogP contribution in [0.15, 0.2) is 35.0 Å². The van der Waals surface area contributed by atoms with E-state index in [1.54, 1.807) is 17.4 Å². The Balaban J connectivity index is 1.60. The second-order valence-corrected chi connectivity index (χ2v) is 8.38. The van der Waals surface area contributed by atoms with Crippen LogP contribution in [0.4, 0.5) is 11.4 Å². The molecule has 4 rings (SSSR count). The lowest BCUT2D eigenvalue weighted by Gasteiger charge is -2.30. The number of thiophene rings is 1. The molecule has 1 fully saturated rings. The summed E-state index contributed by atoms with van der Waals surface area (Å²) in [5.74, 6) is -0.164. The number of nitrogens with zero attached hydrogens (tertiary/aromatic N) is 2. The molecule has 0 aliphatic carbocycles. The summed E-state index contributed by atoms with van der Waals surface area (Å²) in [6.45, 7) is 4.78. The van der Waals surface area contributed by atoms with Crippen LogP contribution >= 0.6 is 34.3 Å². The van der Waals surface area contributed by atoms with Gasteiger partial charge in [0.25, 0.3) is 5.91 Å². The second-order valence-electron chi connectivity index (χ2n) is 6.16. The van der Waals surface area contributed by atoms with E-state index in [1.165, 1.54) is 11.3 Å². The van der Waals surface area contributed by atoms with Gasteiger partial charge in [-0.25, -0.2) is 4.98 Å². The smallest absolute Gasteiger partial charge is 0.267 e. The molecule has 0 bridgehead atoms. The van der Waals surface area contributed by atoms with Crippen molar-refractivity contribution in [3.63, 3.8) is 0 Å². The normalized spacial score (nSPS) is 14.4. The fourth-order valence-electron chi connectivity index (χ4n) is 2.98. The molecule has 1 aliphatic rings. The van der Waals surface area contributed by atoms with Crippen molar-refractivity contribution in [2.75, 3.05) is 36.5 Å². The van der Waals surface area contributed by atoms with Crippen LogP contribution < -0.4 is 10.2 Å². The molecule has 1 aromatic carbocycles. The number of aromatic nitrogens is 1. The highest BCUT2D eigenvalue weighted by atomic mass is 35.5. The summed E-state index contributed by atoms with van der Waals surface area (Å²) in [6.07, 6.45) is 0. The Bertz CT molecular complexity index is 950. The van der Waals surface area contributed by atoms with Gasteiger partial charge < -0.3 is 15.0 Å². The maximum atomic E-state index is 12.9. The van der Waals surface area contributed by atoms with Crippen molar-refractivity contribution in [1.82, 2.24) is 4.98 Å². The molecule has 0 saturated carbocycles. The number of benzene rings is 1. The molecule has 140 valence electrons. The number of halogens is 1. The van der Waals surface area contributed by atoms with E-state index in [-0.39, 0.29) is 5.91 Å². The van der Waals surface area contributed by atoms with Gasteiger partial charge in [-0.15, -0.1) is 11.3 Å². The van der Waals surface area contributed by atoms with E-state index >= 15 is 0 Å². The molecular formula is C19H18ClN3O2S2. The molecule has 5 nitrogen and oxygen atoms in total. The summed E-state index contributed by atoms with van der Waals surface area (Å²) < 4.78 is 5.43. The maximum Gasteiger partial charge on any atom is 0.267 e. The molecule has 0 radical (unpaired) electrons. The van der Waals surface area contributed by atoms with E-state index in [4.69, 9.17) is 16.3 Å². The summed E-state index contributed by atoms with van der Waals surface area (Å²) >= 11 is 9.21. The molecule has 2 aromatic heterocycles. The van der Waals surface area contributed by atoms with Gasteiger partial charge in [0.15, 0.2) is 0 Å². The van der Waals surface area contributed by atoms with Crippen molar-refractivity contribution in [3.8, 4) is 10.6 Å². The van der Waals surface area contributed by atoms with Crippen molar-refractivity contribution in [2.24, 2.45) is 0 Å². The molecule has 0 spiro atoms. The molecule has 0 unspecified atom stereocenters. The fourth-order valence-corrected chi connectivity index (χ4v) is 4.83. The third-order valence-electron chi connectivity index (χ3n) is 4.33. The topological polar surface area (TPSA) is 54.5 Å². The number of nitrogens with one attached hydrogen (secondary N) is 1. The van der Waals surface area contributed by atoms with E-state index < -0.39 is 0 Å². The first-order valence-corrected chi connectivity index (χ1v) is 10.7. The third-order valence-corrected chi connectivity index (χ3v) is 6.45.